The molecule has 7 heteroatoms. The molecule has 0 saturated carbocycles. The van der Waals surface area contributed by atoms with Crippen LogP contribution in [-0.4, -0.2) is 34.6 Å². The van der Waals surface area contributed by atoms with E-state index in [1.165, 1.54) is 11.3 Å². The number of aliphatic carboxylic acids is 1. The first kappa shape index (κ1) is 16.6. The number of ether oxygens (including phenoxy) is 1. The molecule has 1 rings (SSSR count). The number of hydrogen-bond donors (Lipinski definition) is 2. The zero-order chi connectivity index (χ0) is 15.3. The minimum Gasteiger partial charge on any atom is -0.481 e. The molecule has 0 saturated heterocycles. The van der Waals surface area contributed by atoms with Crippen molar-refractivity contribution in [3.8, 4) is 0 Å². The SMILES string of the molecule is COCc1nc(C)c(C(=O)NC(C)(C)CCC(=O)O)s1. The molecule has 0 aliphatic heterocycles. The van der Waals surface area contributed by atoms with E-state index in [0.29, 0.717) is 23.6 Å². The van der Waals surface area contributed by atoms with Crippen LogP contribution < -0.4 is 5.32 Å². The summed E-state index contributed by atoms with van der Waals surface area (Å²) in [5.41, 5.74) is 0.0847. The Morgan fingerprint density at radius 2 is 2.10 bits per heavy atom. The van der Waals surface area contributed by atoms with Gasteiger partial charge in [0.2, 0.25) is 0 Å². The Balaban J connectivity index is 2.72. The third-order valence-electron chi connectivity index (χ3n) is 2.73. The van der Waals surface area contributed by atoms with Crippen LogP contribution in [0.4, 0.5) is 0 Å². The highest BCUT2D eigenvalue weighted by Gasteiger charge is 2.24. The molecular weight excluding hydrogens is 280 g/mol. The van der Waals surface area contributed by atoms with Gasteiger partial charge in [0, 0.05) is 19.1 Å². The van der Waals surface area contributed by atoms with Crippen LogP contribution in [0.5, 0.6) is 0 Å². The molecule has 1 amide bonds. The summed E-state index contributed by atoms with van der Waals surface area (Å²) in [6, 6.07) is 0. The molecule has 112 valence electrons. The number of carbonyl (C=O) groups excluding carboxylic acids is 1. The molecule has 1 aromatic heterocycles. The molecule has 0 aromatic carbocycles. The lowest BCUT2D eigenvalue weighted by Crippen LogP contribution is -2.43. The van der Waals surface area contributed by atoms with E-state index in [4.69, 9.17) is 9.84 Å². The van der Waals surface area contributed by atoms with Crippen molar-refractivity contribution in [1.82, 2.24) is 10.3 Å². The summed E-state index contributed by atoms with van der Waals surface area (Å²) in [4.78, 5) is 27.6. The normalized spacial score (nSPS) is 11.4. The van der Waals surface area contributed by atoms with Crippen LogP contribution in [-0.2, 0) is 16.1 Å². The van der Waals surface area contributed by atoms with Crippen LogP contribution in [0.1, 0.15) is 47.1 Å². The van der Waals surface area contributed by atoms with Crippen LogP contribution >= 0.6 is 11.3 Å². The van der Waals surface area contributed by atoms with Crippen LogP contribution in [0.2, 0.25) is 0 Å². The first-order chi connectivity index (χ1) is 9.25. The van der Waals surface area contributed by atoms with E-state index in [1.807, 2.05) is 0 Å². The number of hydrogen-bond acceptors (Lipinski definition) is 5. The number of nitrogens with one attached hydrogen (secondary N) is 1. The molecule has 0 aliphatic carbocycles. The van der Waals surface area contributed by atoms with Crippen molar-refractivity contribution in [3.63, 3.8) is 0 Å². The predicted molar refractivity (Wildman–Crippen MR) is 76.0 cm³/mol. The summed E-state index contributed by atoms with van der Waals surface area (Å²) in [5, 5.41) is 12.3. The number of carboxylic acids is 1. The third-order valence-corrected chi connectivity index (χ3v) is 3.86. The third kappa shape index (κ3) is 4.90. The molecule has 0 fully saturated rings. The van der Waals surface area contributed by atoms with Gasteiger partial charge in [0.1, 0.15) is 9.88 Å². The highest BCUT2D eigenvalue weighted by Crippen LogP contribution is 2.20. The average molecular weight is 300 g/mol. The lowest BCUT2D eigenvalue weighted by molar-refractivity contribution is -0.137. The molecule has 0 aliphatic rings. The lowest BCUT2D eigenvalue weighted by Gasteiger charge is -2.25. The van der Waals surface area contributed by atoms with Gasteiger partial charge in [0.25, 0.3) is 5.91 Å². The van der Waals surface area contributed by atoms with Crippen LogP contribution in [0, 0.1) is 6.92 Å². The van der Waals surface area contributed by atoms with Crippen molar-refractivity contribution < 1.29 is 19.4 Å². The fourth-order valence-electron chi connectivity index (χ4n) is 1.69. The van der Waals surface area contributed by atoms with Gasteiger partial charge < -0.3 is 15.2 Å². The fourth-order valence-corrected chi connectivity index (χ4v) is 2.63. The van der Waals surface area contributed by atoms with Gasteiger partial charge in [-0.05, 0) is 27.2 Å². The van der Waals surface area contributed by atoms with E-state index < -0.39 is 11.5 Å². The van der Waals surface area contributed by atoms with Gasteiger partial charge in [0.05, 0.1) is 12.3 Å². The van der Waals surface area contributed by atoms with Crippen molar-refractivity contribution in [2.75, 3.05) is 7.11 Å². The maximum atomic E-state index is 12.2. The van der Waals surface area contributed by atoms with Crippen LogP contribution in [0.25, 0.3) is 0 Å². The first-order valence-electron chi connectivity index (χ1n) is 6.24. The average Bonchev–Trinajstić information content (AvgIpc) is 2.68. The molecule has 1 heterocycles. The van der Waals surface area contributed by atoms with Crippen molar-refractivity contribution in [2.24, 2.45) is 0 Å². The number of nitrogens with zero attached hydrogens (tertiary/aromatic N) is 1. The molecule has 1 aromatic rings. The van der Waals surface area contributed by atoms with E-state index >= 15 is 0 Å². The summed E-state index contributed by atoms with van der Waals surface area (Å²) in [6.45, 7) is 5.76. The number of carbonyl (C=O) groups is 2. The van der Waals surface area contributed by atoms with Crippen molar-refractivity contribution in [1.29, 1.82) is 0 Å². The molecule has 0 radical (unpaired) electrons. The maximum Gasteiger partial charge on any atom is 0.303 e. The van der Waals surface area contributed by atoms with E-state index in [9.17, 15) is 9.59 Å². The molecule has 2 N–H and O–H groups in total. The topological polar surface area (TPSA) is 88.5 Å². The van der Waals surface area contributed by atoms with Gasteiger partial charge in [0.15, 0.2) is 0 Å². The Morgan fingerprint density at radius 3 is 2.65 bits per heavy atom. The Morgan fingerprint density at radius 1 is 1.45 bits per heavy atom. The van der Waals surface area contributed by atoms with Gasteiger partial charge in [-0.2, -0.15) is 0 Å². The number of methoxy groups -OCH3 is 1. The van der Waals surface area contributed by atoms with E-state index in [2.05, 4.69) is 10.3 Å². The zero-order valence-electron chi connectivity index (χ0n) is 12.1. The first-order valence-corrected chi connectivity index (χ1v) is 7.06. The quantitative estimate of drug-likeness (QED) is 0.803. The van der Waals surface area contributed by atoms with Gasteiger partial charge in [-0.3, -0.25) is 9.59 Å². The molecule has 0 atom stereocenters. The fraction of sp³-hybridized carbons (Fsp3) is 0.615. The summed E-state index contributed by atoms with van der Waals surface area (Å²) < 4.78 is 4.99. The maximum absolute atomic E-state index is 12.2. The Kier molecular flexibility index (Phi) is 5.64. The second-order valence-electron chi connectivity index (χ2n) is 5.19. The lowest BCUT2D eigenvalue weighted by atomic mass is 9.98. The number of amides is 1. The monoisotopic (exact) mass is 300 g/mol. The smallest absolute Gasteiger partial charge is 0.303 e. The minimum absolute atomic E-state index is 0.0177. The summed E-state index contributed by atoms with van der Waals surface area (Å²) in [5.74, 6) is -1.10. The van der Waals surface area contributed by atoms with Gasteiger partial charge >= 0.3 is 5.97 Å². The van der Waals surface area contributed by atoms with Crippen molar-refractivity contribution in [2.45, 2.75) is 45.8 Å². The summed E-state index contributed by atoms with van der Waals surface area (Å²) in [7, 11) is 1.57. The standard InChI is InChI=1S/C13H20N2O4S/c1-8-11(20-9(14-8)7-19-4)12(18)15-13(2,3)6-5-10(16)17/h5-7H2,1-4H3,(H,15,18)(H,16,17). The Hall–Kier alpha value is -1.47. The number of aromatic nitrogens is 1. The summed E-state index contributed by atoms with van der Waals surface area (Å²) >= 11 is 1.29. The molecule has 0 unspecified atom stereocenters. The zero-order valence-corrected chi connectivity index (χ0v) is 13.0. The Labute approximate surface area is 122 Å². The molecular formula is C13H20N2O4S. The van der Waals surface area contributed by atoms with Gasteiger partial charge in [-0.25, -0.2) is 4.98 Å². The van der Waals surface area contributed by atoms with Crippen LogP contribution in [0.15, 0.2) is 0 Å². The van der Waals surface area contributed by atoms with Crippen molar-refractivity contribution >= 4 is 23.2 Å². The minimum atomic E-state index is -0.872. The second-order valence-corrected chi connectivity index (χ2v) is 6.27. The highest BCUT2D eigenvalue weighted by molar-refractivity contribution is 7.13. The van der Waals surface area contributed by atoms with E-state index in [1.54, 1.807) is 27.9 Å². The van der Waals surface area contributed by atoms with Crippen LogP contribution in [0.3, 0.4) is 0 Å². The van der Waals surface area contributed by atoms with Gasteiger partial charge in [-0.1, -0.05) is 0 Å². The predicted octanol–water partition coefficient (Wildman–Crippen LogP) is 1.97. The summed E-state index contributed by atoms with van der Waals surface area (Å²) in [6.07, 6.45) is 0.390. The molecule has 6 nitrogen and oxygen atoms in total. The number of rotatable bonds is 7. The van der Waals surface area contributed by atoms with Crippen molar-refractivity contribution in [3.05, 3.63) is 15.6 Å². The second kappa shape index (κ2) is 6.81. The largest absolute Gasteiger partial charge is 0.481 e. The van der Waals surface area contributed by atoms with E-state index in [-0.39, 0.29) is 12.3 Å². The Bertz CT molecular complexity index is 497. The highest BCUT2D eigenvalue weighted by atomic mass is 32.1. The molecule has 20 heavy (non-hydrogen) atoms. The van der Waals surface area contributed by atoms with E-state index in [0.717, 1.165) is 5.01 Å². The number of aryl methyl sites for hydroxylation is 1. The number of carboxylic acid groups (broad SMARTS) is 1. The van der Waals surface area contributed by atoms with Gasteiger partial charge in [-0.15, -0.1) is 11.3 Å². The number of thiazole rings is 1. The molecule has 0 spiro atoms. The molecule has 0 bridgehead atoms.